The van der Waals surface area contributed by atoms with E-state index in [1.54, 1.807) is 0 Å². The summed E-state index contributed by atoms with van der Waals surface area (Å²) in [4.78, 5) is 4.32. The average Bonchev–Trinajstić information content (AvgIpc) is 3.31. The van der Waals surface area contributed by atoms with Gasteiger partial charge in [0.15, 0.2) is 0 Å². The van der Waals surface area contributed by atoms with Crippen LogP contribution < -0.4 is 5.73 Å². The first-order valence-electron chi connectivity index (χ1n) is 11.9. The number of nitrogen functional groups attached to an aromatic ring is 1. The molecule has 5 rings (SSSR count). The summed E-state index contributed by atoms with van der Waals surface area (Å²) in [5.41, 5.74) is 11.2. The molecule has 33 heavy (non-hydrogen) atoms. The molecule has 1 unspecified atom stereocenters. The molecule has 0 bridgehead atoms. The van der Waals surface area contributed by atoms with E-state index >= 15 is 0 Å². The van der Waals surface area contributed by atoms with Crippen molar-refractivity contribution in [2.24, 2.45) is 5.92 Å². The summed E-state index contributed by atoms with van der Waals surface area (Å²) in [6.07, 6.45) is 8.65. The first kappa shape index (κ1) is 21.9. The molecule has 1 saturated carbocycles. The number of hydrogen-bond acceptors (Lipinski definition) is 4. The Balaban J connectivity index is 1.28. The van der Waals surface area contributed by atoms with Gasteiger partial charge in [0.1, 0.15) is 11.3 Å². The number of pyridine rings is 1. The standard InChI is InChI=1S/C27H30ClN5/c28-22-10-5-9-21(16-22)23(24-17-25(29)30-27-26(24)31-33-32-27)11-4-6-18-12-14-20(15-13-18)19-7-2-1-3-8-19/h1-3,5,7-10,16-18,20,23H,4,6,11-15H2,(H3,29,30,31,32,33). The zero-order valence-electron chi connectivity index (χ0n) is 18.8. The number of H-pyrrole nitrogens is 1. The topological polar surface area (TPSA) is 80.5 Å². The highest BCUT2D eigenvalue weighted by Crippen LogP contribution is 2.39. The van der Waals surface area contributed by atoms with Crippen LogP contribution in [0.1, 0.15) is 73.5 Å². The number of nitrogens with two attached hydrogens (primary N) is 1. The van der Waals surface area contributed by atoms with Gasteiger partial charge in [0.2, 0.25) is 5.65 Å². The van der Waals surface area contributed by atoms with Gasteiger partial charge in [-0.2, -0.15) is 10.3 Å². The summed E-state index contributed by atoms with van der Waals surface area (Å²) >= 11 is 6.35. The second-order valence-electron chi connectivity index (χ2n) is 9.30. The number of halogens is 1. The summed E-state index contributed by atoms with van der Waals surface area (Å²) in [7, 11) is 0. The van der Waals surface area contributed by atoms with E-state index < -0.39 is 0 Å². The van der Waals surface area contributed by atoms with Crippen molar-refractivity contribution < 1.29 is 0 Å². The van der Waals surface area contributed by atoms with E-state index in [0.29, 0.717) is 11.5 Å². The number of rotatable bonds is 7. The van der Waals surface area contributed by atoms with Gasteiger partial charge >= 0.3 is 0 Å². The third-order valence-corrected chi connectivity index (χ3v) is 7.43. The number of aromatic amines is 1. The fourth-order valence-electron chi connectivity index (χ4n) is 5.49. The van der Waals surface area contributed by atoms with Crippen molar-refractivity contribution >= 4 is 28.6 Å². The number of benzene rings is 2. The Morgan fingerprint density at radius 2 is 1.79 bits per heavy atom. The Bertz CT molecular complexity index is 1200. The molecule has 0 spiro atoms. The maximum atomic E-state index is 6.35. The summed E-state index contributed by atoms with van der Waals surface area (Å²) < 4.78 is 0. The normalized spacial score (nSPS) is 19.5. The number of nitrogens with one attached hydrogen (secondary N) is 1. The molecule has 5 nitrogen and oxygen atoms in total. The molecule has 1 fully saturated rings. The molecule has 170 valence electrons. The summed E-state index contributed by atoms with van der Waals surface area (Å²) in [5.74, 6) is 2.15. The average molecular weight is 460 g/mol. The highest BCUT2D eigenvalue weighted by Gasteiger charge is 2.24. The number of anilines is 1. The molecule has 6 heteroatoms. The van der Waals surface area contributed by atoms with Crippen molar-refractivity contribution in [2.45, 2.75) is 56.8 Å². The SMILES string of the molecule is Nc1cc(C(CCCC2CCC(c3ccccc3)CC2)c2cccc(Cl)c2)c2n[nH]nc2n1. The van der Waals surface area contributed by atoms with Crippen molar-refractivity contribution in [1.29, 1.82) is 0 Å². The first-order chi connectivity index (χ1) is 16.2. The lowest BCUT2D eigenvalue weighted by atomic mass is 9.76. The van der Waals surface area contributed by atoms with Crippen molar-refractivity contribution in [3.8, 4) is 0 Å². The Hall–Kier alpha value is -2.92. The lowest BCUT2D eigenvalue weighted by molar-refractivity contribution is 0.301. The van der Waals surface area contributed by atoms with Crippen LogP contribution in [-0.4, -0.2) is 20.4 Å². The molecule has 2 heterocycles. The lowest BCUT2D eigenvalue weighted by Crippen LogP contribution is -2.14. The van der Waals surface area contributed by atoms with E-state index in [-0.39, 0.29) is 5.92 Å². The molecule has 1 atom stereocenters. The van der Waals surface area contributed by atoms with Crippen molar-refractivity contribution in [1.82, 2.24) is 20.4 Å². The van der Waals surface area contributed by atoms with Gasteiger partial charge in [-0.1, -0.05) is 66.9 Å². The van der Waals surface area contributed by atoms with Crippen molar-refractivity contribution in [3.63, 3.8) is 0 Å². The third-order valence-electron chi connectivity index (χ3n) is 7.19. The third kappa shape index (κ3) is 5.03. The van der Waals surface area contributed by atoms with Gasteiger partial charge in [0.25, 0.3) is 0 Å². The van der Waals surface area contributed by atoms with Gasteiger partial charge in [-0.25, -0.2) is 4.98 Å². The van der Waals surface area contributed by atoms with Crippen molar-refractivity contribution in [3.05, 3.63) is 82.4 Å². The number of nitrogens with zero attached hydrogens (tertiary/aromatic N) is 3. The molecule has 0 saturated heterocycles. The second-order valence-corrected chi connectivity index (χ2v) is 9.74. The molecular formula is C27H30ClN5. The van der Waals surface area contributed by atoms with Gasteiger partial charge in [-0.15, -0.1) is 5.10 Å². The van der Waals surface area contributed by atoms with Crippen LogP contribution in [-0.2, 0) is 0 Å². The molecule has 4 aromatic rings. The van der Waals surface area contributed by atoms with Crippen LogP contribution in [0.25, 0.3) is 11.2 Å². The minimum Gasteiger partial charge on any atom is -0.384 e. The molecule has 1 aliphatic rings. The molecule has 1 aliphatic carbocycles. The first-order valence-corrected chi connectivity index (χ1v) is 12.3. The molecule has 2 aromatic heterocycles. The van der Waals surface area contributed by atoms with Crippen LogP contribution in [0.2, 0.25) is 5.02 Å². The van der Waals surface area contributed by atoms with Crippen LogP contribution in [0.3, 0.4) is 0 Å². The number of aromatic nitrogens is 4. The number of fused-ring (bicyclic) bond motifs is 1. The quantitative estimate of drug-likeness (QED) is 0.316. The van der Waals surface area contributed by atoms with Crippen LogP contribution in [0.4, 0.5) is 5.82 Å². The summed E-state index contributed by atoms with van der Waals surface area (Å²) in [6, 6.07) is 21.1. The molecule has 2 aromatic carbocycles. The Kier molecular flexibility index (Phi) is 6.58. The highest BCUT2D eigenvalue weighted by atomic mass is 35.5. The van der Waals surface area contributed by atoms with Crippen molar-refractivity contribution in [2.75, 3.05) is 5.73 Å². The van der Waals surface area contributed by atoms with Crippen LogP contribution in [0.5, 0.6) is 0 Å². The van der Waals surface area contributed by atoms with Gasteiger partial charge in [0.05, 0.1) is 0 Å². The predicted molar refractivity (Wildman–Crippen MR) is 134 cm³/mol. The maximum Gasteiger partial charge on any atom is 0.203 e. The molecular weight excluding hydrogens is 430 g/mol. The van der Waals surface area contributed by atoms with E-state index in [4.69, 9.17) is 17.3 Å². The Morgan fingerprint density at radius 1 is 0.970 bits per heavy atom. The highest BCUT2D eigenvalue weighted by molar-refractivity contribution is 6.30. The van der Waals surface area contributed by atoms with Gasteiger partial charge in [0, 0.05) is 10.9 Å². The molecule has 0 amide bonds. The number of hydrogen-bond donors (Lipinski definition) is 2. The van der Waals surface area contributed by atoms with E-state index in [1.807, 2.05) is 18.2 Å². The summed E-state index contributed by atoms with van der Waals surface area (Å²) in [5, 5.41) is 12.0. The predicted octanol–water partition coefficient (Wildman–Crippen LogP) is 6.86. The van der Waals surface area contributed by atoms with Gasteiger partial charge in [-0.05, 0) is 78.8 Å². The largest absolute Gasteiger partial charge is 0.384 e. The minimum atomic E-state index is 0.155. The fraction of sp³-hybridized carbons (Fsp3) is 0.370. The Morgan fingerprint density at radius 3 is 2.58 bits per heavy atom. The smallest absolute Gasteiger partial charge is 0.203 e. The van der Waals surface area contributed by atoms with E-state index in [2.05, 4.69) is 62.9 Å². The zero-order valence-corrected chi connectivity index (χ0v) is 19.5. The molecule has 0 radical (unpaired) electrons. The fourth-order valence-corrected chi connectivity index (χ4v) is 5.69. The van der Waals surface area contributed by atoms with Crippen LogP contribution in [0.15, 0.2) is 60.7 Å². The molecule has 0 aliphatic heterocycles. The maximum absolute atomic E-state index is 6.35. The van der Waals surface area contributed by atoms with Crippen LogP contribution >= 0.6 is 11.6 Å². The zero-order chi connectivity index (χ0) is 22.6. The van der Waals surface area contributed by atoms with E-state index in [0.717, 1.165) is 40.8 Å². The van der Waals surface area contributed by atoms with Crippen LogP contribution in [0, 0.1) is 5.92 Å². The minimum absolute atomic E-state index is 0.155. The van der Waals surface area contributed by atoms with Gasteiger partial charge < -0.3 is 5.73 Å². The van der Waals surface area contributed by atoms with Gasteiger partial charge in [-0.3, -0.25) is 0 Å². The monoisotopic (exact) mass is 459 g/mol. The second kappa shape index (κ2) is 9.92. The Labute approximate surface area is 199 Å². The molecule has 3 N–H and O–H groups in total. The lowest BCUT2D eigenvalue weighted by Gasteiger charge is -2.29. The van der Waals surface area contributed by atoms with E-state index in [9.17, 15) is 0 Å². The van der Waals surface area contributed by atoms with E-state index in [1.165, 1.54) is 43.2 Å². The summed E-state index contributed by atoms with van der Waals surface area (Å²) in [6.45, 7) is 0.